The maximum Gasteiger partial charge on any atom is 0.119 e. The first-order valence-electron chi connectivity index (χ1n) is 6.41. The van der Waals surface area contributed by atoms with Crippen LogP contribution < -0.4 is 10.5 Å². The summed E-state index contributed by atoms with van der Waals surface area (Å²) in [5, 5.41) is 0. The number of hydrogen-bond donors (Lipinski definition) is 1. The molecule has 0 saturated carbocycles. The summed E-state index contributed by atoms with van der Waals surface area (Å²) >= 11 is 0. The Kier molecular flexibility index (Phi) is 6.47. The molecule has 102 valence electrons. The summed E-state index contributed by atoms with van der Waals surface area (Å²) < 4.78 is 5.71. The molecular formula is C14H23ClN2O. The number of nitrogens with two attached hydrogens (primary N) is 1. The van der Waals surface area contributed by atoms with Crippen LogP contribution in [0.15, 0.2) is 30.3 Å². The molecule has 0 aliphatic carbocycles. The van der Waals surface area contributed by atoms with Gasteiger partial charge in [0.05, 0.1) is 0 Å². The Labute approximate surface area is 116 Å². The smallest absolute Gasteiger partial charge is 0.119 e. The van der Waals surface area contributed by atoms with Crippen molar-refractivity contribution in [2.45, 2.75) is 19.4 Å². The topological polar surface area (TPSA) is 38.5 Å². The number of hydrogen-bond acceptors (Lipinski definition) is 3. The second-order valence-corrected chi connectivity index (χ2v) is 4.84. The van der Waals surface area contributed by atoms with Crippen molar-refractivity contribution in [2.75, 3.05) is 26.2 Å². The van der Waals surface area contributed by atoms with Gasteiger partial charge in [-0.3, -0.25) is 4.90 Å². The molecule has 1 heterocycles. The molecule has 1 aliphatic heterocycles. The van der Waals surface area contributed by atoms with Gasteiger partial charge in [-0.15, -0.1) is 12.4 Å². The molecule has 3 nitrogen and oxygen atoms in total. The van der Waals surface area contributed by atoms with Crippen LogP contribution in [0.25, 0.3) is 0 Å². The standard InChI is InChI=1S/C14H22N2O.ClH/c1-12-9-13(10-15)11-16(12)7-8-17-14-5-3-2-4-6-14;/h2-6,12-13H,7-11,15H2,1H3;1H. The van der Waals surface area contributed by atoms with Crippen molar-refractivity contribution in [3.63, 3.8) is 0 Å². The van der Waals surface area contributed by atoms with Crippen LogP contribution in [0, 0.1) is 5.92 Å². The third kappa shape index (κ3) is 4.16. The van der Waals surface area contributed by atoms with Crippen molar-refractivity contribution in [1.29, 1.82) is 0 Å². The summed E-state index contributed by atoms with van der Waals surface area (Å²) in [6.07, 6.45) is 1.22. The van der Waals surface area contributed by atoms with Gasteiger partial charge in [-0.05, 0) is 37.9 Å². The molecule has 0 amide bonds. The number of para-hydroxylation sites is 1. The van der Waals surface area contributed by atoms with Gasteiger partial charge in [-0.2, -0.15) is 0 Å². The summed E-state index contributed by atoms with van der Waals surface area (Å²) in [6, 6.07) is 10.6. The van der Waals surface area contributed by atoms with Crippen LogP contribution in [0.1, 0.15) is 13.3 Å². The minimum Gasteiger partial charge on any atom is -0.492 e. The van der Waals surface area contributed by atoms with Gasteiger partial charge < -0.3 is 10.5 Å². The summed E-state index contributed by atoms with van der Waals surface area (Å²) in [6.45, 7) is 5.95. The Balaban J connectivity index is 0.00000162. The van der Waals surface area contributed by atoms with Crippen molar-refractivity contribution in [3.05, 3.63) is 30.3 Å². The normalized spacial score (nSPS) is 23.7. The third-order valence-electron chi connectivity index (χ3n) is 3.51. The van der Waals surface area contributed by atoms with Gasteiger partial charge >= 0.3 is 0 Å². The minimum absolute atomic E-state index is 0. The second kappa shape index (κ2) is 7.62. The monoisotopic (exact) mass is 270 g/mol. The van der Waals surface area contributed by atoms with E-state index in [4.69, 9.17) is 10.5 Å². The van der Waals surface area contributed by atoms with Gasteiger partial charge in [0.1, 0.15) is 12.4 Å². The average molecular weight is 271 g/mol. The molecule has 0 radical (unpaired) electrons. The molecule has 1 aromatic carbocycles. The van der Waals surface area contributed by atoms with E-state index >= 15 is 0 Å². The first kappa shape index (κ1) is 15.3. The number of nitrogens with zero attached hydrogens (tertiary/aromatic N) is 1. The predicted octanol–water partition coefficient (Wildman–Crippen LogP) is 2.16. The highest BCUT2D eigenvalue weighted by Crippen LogP contribution is 2.21. The molecule has 2 N–H and O–H groups in total. The fraction of sp³-hybridized carbons (Fsp3) is 0.571. The lowest BCUT2D eigenvalue weighted by Crippen LogP contribution is -2.32. The molecule has 2 atom stereocenters. The van der Waals surface area contributed by atoms with E-state index in [-0.39, 0.29) is 12.4 Å². The van der Waals surface area contributed by atoms with Crippen molar-refractivity contribution >= 4 is 12.4 Å². The van der Waals surface area contributed by atoms with E-state index in [1.165, 1.54) is 6.42 Å². The predicted molar refractivity (Wildman–Crippen MR) is 77.4 cm³/mol. The highest BCUT2D eigenvalue weighted by atomic mass is 35.5. The molecule has 2 unspecified atom stereocenters. The first-order valence-corrected chi connectivity index (χ1v) is 6.41. The molecule has 2 rings (SSSR count). The van der Waals surface area contributed by atoms with E-state index < -0.39 is 0 Å². The highest BCUT2D eigenvalue weighted by Gasteiger charge is 2.27. The summed E-state index contributed by atoms with van der Waals surface area (Å²) in [7, 11) is 0. The maximum absolute atomic E-state index is 5.72. The van der Waals surface area contributed by atoms with E-state index in [0.29, 0.717) is 12.0 Å². The van der Waals surface area contributed by atoms with Crippen LogP contribution in [-0.4, -0.2) is 37.2 Å². The van der Waals surface area contributed by atoms with Crippen molar-refractivity contribution in [2.24, 2.45) is 11.7 Å². The van der Waals surface area contributed by atoms with Crippen LogP contribution in [-0.2, 0) is 0 Å². The number of benzene rings is 1. The Bertz CT molecular complexity index is 334. The Morgan fingerprint density at radius 1 is 1.33 bits per heavy atom. The summed E-state index contributed by atoms with van der Waals surface area (Å²) in [5.74, 6) is 1.62. The second-order valence-electron chi connectivity index (χ2n) is 4.84. The number of halogens is 1. The van der Waals surface area contributed by atoms with E-state index in [1.807, 2.05) is 30.3 Å². The fourth-order valence-corrected chi connectivity index (χ4v) is 2.50. The zero-order valence-electron chi connectivity index (χ0n) is 10.9. The Hall–Kier alpha value is -0.770. The molecule has 1 fully saturated rings. The van der Waals surface area contributed by atoms with Crippen LogP contribution >= 0.6 is 12.4 Å². The average Bonchev–Trinajstić information content (AvgIpc) is 2.72. The minimum atomic E-state index is 0. The van der Waals surface area contributed by atoms with Crippen molar-refractivity contribution < 1.29 is 4.74 Å². The quantitative estimate of drug-likeness (QED) is 0.891. The number of likely N-dealkylation sites (tertiary alicyclic amines) is 1. The number of ether oxygens (including phenoxy) is 1. The maximum atomic E-state index is 5.72. The summed E-state index contributed by atoms with van der Waals surface area (Å²) in [4.78, 5) is 2.47. The first-order chi connectivity index (χ1) is 8.29. The van der Waals surface area contributed by atoms with E-state index in [2.05, 4.69) is 11.8 Å². The molecule has 1 aliphatic rings. The van der Waals surface area contributed by atoms with Crippen LogP contribution in [0.5, 0.6) is 5.75 Å². The molecule has 0 bridgehead atoms. The van der Waals surface area contributed by atoms with Gasteiger partial charge in [0.2, 0.25) is 0 Å². The lowest BCUT2D eigenvalue weighted by atomic mass is 10.1. The highest BCUT2D eigenvalue weighted by molar-refractivity contribution is 5.85. The van der Waals surface area contributed by atoms with Crippen LogP contribution in [0.3, 0.4) is 0 Å². The molecule has 0 spiro atoms. The molecule has 1 saturated heterocycles. The molecule has 0 aromatic heterocycles. The van der Waals surface area contributed by atoms with Crippen LogP contribution in [0.4, 0.5) is 0 Å². The third-order valence-corrected chi connectivity index (χ3v) is 3.51. The van der Waals surface area contributed by atoms with Gasteiger partial charge in [0.25, 0.3) is 0 Å². The number of rotatable bonds is 5. The van der Waals surface area contributed by atoms with Crippen LogP contribution in [0.2, 0.25) is 0 Å². The molecule has 1 aromatic rings. The van der Waals surface area contributed by atoms with E-state index in [9.17, 15) is 0 Å². The van der Waals surface area contributed by atoms with E-state index in [0.717, 1.165) is 32.0 Å². The lowest BCUT2D eigenvalue weighted by Gasteiger charge is -2.20. The fourth-order valence-electron chi connectivity index (χ4n) is 2.50. The van der Waals surface area contributed by atoms with Gasteiger partial charge in [-0.25, -0.2) is 0 Å². The van der Waals surface area contributed by atoms with Gasteiger partial charge in [-0.1, -0.05) is 18.2 Å². The molecule has 4 heteroatoms. The van der Waals surface area contributed by atoms with Crippen molar-refractivity contribution in [1.82, 2.24) is 4.90 Å². The summed E-state index contributed by atoms with van der Waals surface area (Å²) in [5.41, 5.74) is 5.72. The lowest BCUT2D eigenvalue weighted by molar-refractivity contribution is 0.202. The zero-order valence-corrected chi connectivity index (χ0v) is 11.7. The van der Waals surface area contributed by atoms with Gasteiger partial charge in [0.15, 0.2) is 0 Å². The molecular weight excluding hydrogens is 248 g/mol. The van der Waals surface area contributed by atoms with Gasteiger partial charge in [0, 0.05) is 19.1 Å². The van der Waals surface area contributed by atoms with E-state index in [1.54, 1.807) is 0 Å². The Morgan fingerprint density at radius 2 is 2.06 bits per heavy atom. The SMILES string of the molecule is CC1CC(CN)CN1CCOc1ccccc1.Cl. The van der Waals surface area contributed by atoms with Crippen molar-refractivity contribution in [3.8, 4) is 5.75 Å². The largest absolute Gasteiger partial charge is 0.492 e. The molecule has 18 heavy (non-hydrogen) atoms. The Morgan fingerprint density at radius 3 is 2.67 bits per heavy atom. The zero-order chi connectivity index (χ0) is 12.1.